The molecule has 4 heteroatoms. The Balaban J connectivity index is 2.85. The highest BCUT2D eigenvalue weighted by molar-refractivity contribution is 9.10. The number of pyridine rings is 1. The van der Waals surface area contributed by atoms with Gasteiger partial charge in [-0.2, -0.15) is 5.26 Å². The molecule has 16 heavy (non-hydrogen) atoms. The molecule has 2 aromatic heterocycles. The maximum atomic E-state index is 9.10. The number of hydrogen-bond acceptors (Lipinski definition) is 2. The van der Waals surface area contributed by atoms with Crippen LogP contribution >= 0.6 is 15.9 Å². The summed E-state index contributed by atoms with van der Waals surface area (Å²) in [5.74, 6) is 0. The van der Waals surface area contributed by atoms with Crippen LogP contribution < -0.4 is 0 Å². The second-order valence-electron chi connectivity index (χ2n) is 4.72. The van der Waals surface area contributed by atoms with E-state index in [1.165, 1.54) is 0 Å². The molecule has 2 heterocycles. The van der Waals surface area contributed by atoms with Crippen LogP contribution in [0.15, 0.2) is 22.9 Å². The van der Waals surface area contributed by atoms with Crippen LogP contribution in [-0.4, -0.2) is 9.55 Å². The minimum absolute atomic E-state index is 0.0752. The third-order valence-corrected chi connectivity index (χ3v) is 2.89. The Morgan fingerprint density at radius 3 is 2.69 bits per heavy atom. The number of halogens is 1. The van der Waals surface area contributed by atoms with Gasteiger partial charge >= 0.3 is 0 Å². The van der Waals surface area contributed by atoms with Crippen LogP contribution in [0, 0.1) is 11.3 Å². The maximum absolute atomic E-state index is 9.10. The van der Waals surface area contributed by atoms with Crippen LogP contribution in [0.5, 0.6) is 0 Å². The number of rotatable bonds is 0. The van der Waals surface area contributed by atoms with E-state index in [1.54, 1.807) is 6.20 Å². The number of nitriles is 1. The maximum Gasteiger partial charge on any atom is 0.141 e. The summed E-state index contributed by atoms with van der Waals surface area (Å²) < 4.78 is 2.93. The zero-order valence-electron chi connectivity index (χ0n) is 9.45. The summed E-state index contributed by atoms with van der Waals surface area (Å²) in [6.07, 6.45) is 3.62. The van der Waals surface area contributed by atoms with Crippen molar-refractivity contribution in [2.45, 2.75) is 26.3 Å². The monoisotopic (exact) mass is 277 g/mol. The van der Waals surface area contributed by atoms with E-state index < -0.39 is 0 Å². The van der Waals surface area contributed by atoms with E-state index in [9.17, 15) is 0 Å². The van der Waals surface area contributed by atoms with Crippen LogP contribution in [0.25, 0.3) is 11.0 Å². The molecule has 0 bridgehead atoms. The molecule has 0 aliphatic carbocycles. The summed E-state index contributed by atoms with van der Waals surface area (Å²) >= 11 is 3.37. The molecule has 2 aromatic rings. The molecule has 0 saturated carbocycles. The lowest BCUT2D eigenvalue weighted by Crippen LogP contribution is -2.20. The van der Waals surface area contributed by atoms with Gasteiger partial charge in [0.25, 0.3) is 0 Å². The van der Waals surface area contributed by atoms with Crippen molar-refractivity contribution in [1.82, 2.24) is 9.55 Å². The largest absolute Gasteiger partial charge is 0.326 e. The van der Waals surface area contributed by atoms with E-state index in [2.05, 4.69) is 47.8 Å². The fourth-order valence-corrected chi connectivity index (χ4v) is 2.01. The quantitative estimate of drug-likeness (QED) is 0.740. The fraction of sp³-hybridized carbons (Fsp3) is 0.333. The lowest BCUT2D eigenvalue weighted by Gasteiger charge is -2.21. The van der Waals surface area contributed by atoms with Crippen molar-refractivity contribution >= 4 is 27.0 Å². The van der Waals surface area contributed by atoms with Gasteiger partial charge in [0.2, 0.25) is 0 Å². The Labute approximate surface area is 103 Å². The highest BCUT2D eigenvalue weighted by Gasteiger charge is 2.19. The lowest BCUT2D eigenvalue weighted by atomic mass is 10.1. The van der Waals surface area contributed by atoms with E-state index in [4.69, 9.17) is 5.26 Å². The normalized spacial score (nSPS) is 11.7. The van der Waals surface area contributed by atoms with Crippen molar-refractivity contribution in [2.24, 2.45) is 0 Å². The molecule has 0 spiro atoms. The van der Waals surface area contributed by atoms with Crippen LogP contribution in [0.3, 0.4) is 0 Å². The second kappa shape index (κ2) is 3.60. The van der Waals surface area contributed by atoms with E-state index in [0.717, 1.165) is 15.5 Å². The Morgan fingerprint density at radius 1 is 1.44 bits per heavy atom. The first-order valence-electron chi connectivity index (χ1n) is 5.00. The number of aromatic nitrogens is 2. The second-order valence-corrected chi connectivity index (χ2v) is 5.64. The van der Waals surface area contributed by atoms with Crippen LogP contribution in [0.1, 0.15) is 26.3 Å². The molecule has 0 N–H and O–H groups in total. The van der Waals surface area contributed by atoms with Crippen molar-refractivity contribution in [3.63, 3.8) is 0 Å². The van der Waals surface area contributed by atoms with Gasteiger partial charge in [-0.25, -0.2) is 4.98 Å². The summed E-state index contributed by atoms with van der Waals surface area (Å²) in [7, 11) is 0. The van der Waals surface area contributed by atoms with Crippen molar-refractivity contribution < 1.29 is 0 Å². The van der Waals surface area contributed by atoms with Gasteiger partial charge in [-0.3, -0.25) is 0 Å². The van der Waals surface area contributed by atoms with Gasteiger partial charge in [-0.15, -0.1) is 0 Å². The van der Waals surface area contributed by atoms with Gasteiger partial charge in [0.15, 0.2) is 0 Å². The molecular weight excluding hydrogens is 266 g/mol. The predicted octanol–water partition coefficient (Wildman–Crippen LogP) is 3.43. The minimum atomic E-state index is -0.0752. The molecule has 0 aliphatic heterocycles. The lowest BCUT2D eigenvalue weighted by molar-refractivity contribution is 0.408. The van der Waals surface area contributed by atoms with Gasteiger partial charge in [-0.05, 0) is 42.8 Å². The number of fused-ring (bicyclic) bond motifs is 1. The van der Waals surface area contributed by atoms with Crippen LogP contribution in [-0.2, 0) is 5.54 Å². The highest BCUT2D eigenvalue weighted by Crippen LogP contribution is 2.27. The minimum Gasteiger partial charge on any atom is -0.326 e. The smallest absolute Gasteiger partial charge is 0.141 e. The molecule has 0 aliphatic rings. The van der Waals surface area contributed by atoms with Crippen LogP contribution in [0.4, 0.5) is 0 Å². The van der Waals surface area contributed by atoms with Gasteiger partial charge in [0, 0.05) is 27.8 Å². The summed E-state index contributed by atoms with van der Waals surface area (Å²) in [5, 5.41) is 9.99. The van der Waals surface area contributed by atoms with Gasteiger partial charge < -0.3 is 4.57 Å². The third kappa shape index (κ3) is 1.72. The molecule has 0 aromatic carbocycles. The average Bonchev–Trinajstić information content (AvgIpc) is 2.55. The fourth-order valence-electron chi connectivity index (χ4n) is 1.68. The zero-order chi connectivity index (χ0) is 11.9. The first kappa shape index (κ1) is 11.2. The Morgan fingerprint density at radius 2 is 2.12 bits per heavy atom. The van der Waals surface area contributed by atoms with Crippen molar-refractivity contribution in [3.8, 4) is 6.07 Å². The first-order valence-corrected chi connectivity index (χ1v) is 5.80. The summed E-state index contributed by atoms with van der Waals surface area (Å²) in [6.45, 7) is 6.28. The molecule has 0 atom stereocenters. The van der Waals surface area contributed by atoms with Gasteiger partial charge in [0.1, 0.15) is 11.7 Å². The third-order valence-electron chi connectivity index (χ3n) is 2.45. The molecule has 0 unspecified atom stereocenters. The first-order chi connectivity index (χ1) is 7.43. The standard InChI is InChI=1S/C12H12BrN3/c1-12(2,3)16-7-8(5-14)10-4-9(13)6-15-11(10)16/h4,6-7H,1-3H3. The number of nitrogens with zero attached hydrogens (tertiary/aromatic N) is 3. The molecule has 0 saturated heterocycles. The van der Waals surface area contributed by atoms with E-state index in [1.807, 2.05) is 16.8 Å². The van der Waals surface area contributed by atoms with E-state index in [-0.39, 0.29) is 5.54 Å². The molecule has 2 rings (SSSR count). The van der Waals surface area contributed by atoms with E-state index >= 15 is 0 Å². The highest BCUT2D eigenvalue weighted by atomic mass is 79.9. The Bertz CT molecular complexity index is 585. The van der Waals surface area contributed by atoms with Crippen LogP contribution in [0.2, 0.25) is 0 Å². The van der Waals surface area contributed by atoms with Crippen molar-refractivity contribution in [3.05, 3.63) is 28.5 Å². The zero-order valence-corrected chi connectivity index (χ0v) is 11.0. The van der Waals surface area contributed by atoms with Gasteiger partial charge in [-0.1, -0.05) is 0 Å². The molecule has 82 valence electrons. The molecule has 0 amide bonds. The summed E-state index contributed by atoms with van der Waals surface area (Å²) in [4.78, 5) is 4.38. The van der Waals surface area contributed by atoms with Crippen molar-refractivity contribution in [2.75, 3.05) is 0 Å². The molecule has 0 fully saturated rings. The van der Waals surface area contributed by atoms with Gasteiger partial charge in [0.05, 0.1) is 5.56 Å². The summed E-state index contributed by atoms with van der Waals surface area (Å²) in [6, 6.07) is 4.14. The SMILES string of the molecule is CC(C)(C)n1cc(C#N)c2cc(Br)cnc21. The van der Waals surface area contributed by atoms with Crippen molar-refractivity contribution in [1.29, 1.82) is 5.26 Å². The molecular formula is C12H12BrN3. The Kier molecular flexibility index (Phi) is 2.51. The topological polar surface area (TPSA) is 41.6 Å². The summed E-state index contributed by atoms with van der Waals surface area (Å²) in [5.41, 5.74) is 1.44. The Hall–Kier alpha value is -1.34. The molecule has 3 nitrogen and oxygen atoms in total. The number of hydrogen-bond donors (Lipinski definition) is 0. The predicted molar refractivity (Wildman–Crippen MR) is 67.1 cm³/mol. The molecule has 0 radical (unpaired) electrons. The average molecular weight is 278 g/mol. The van der Waals surface area contributed by atoms with E-state index in [0.29, 0.717) is 5.56 Å².